The lowest BCUT2D eigenvalue weighted by Gasteiger charge is -2.20. The second-order valence-corrected chi connectivity index (χ2v) is 3.92. The van der Waals surface area contributed by atoms with Crippen molar-refractivity contribution in [3.63, 3.8) is 0 Å². The van der Waals surface area contributed by atoms with Crippen LogP contribution in [0.3, 0.4) is 0 Å². The second kappa shape index (κ2) is 4.61. The highest BCUT2D eigenvalue weighted by molar-refractivity contribution is 5.73. The molecule has 3 heteroatoms. The van der Waals surface area contributed by atoms with E-state index in [0.29, 0.717) is 18.4 Å². The molecule has 3 nitrogen and oxygen atoms in total. The highest BCUT2D eigenvalue weighted by atomic mass is 16.5. The molecule has 1 saturated heterocycles. The minimum atomic E-state index is -0.0359. The van der Waals surface area contributed by atoms with E-state index < -0.39 is 0 Å². The number of hydrogen-bond donors (Lipinski definition) is 1. The summed E-state index contributed by atoms with van der Waals surface area (Å²) < 4.78 is 5.03. The monoisotopic (exact) mass is 185 g/mol. The van der Waals surface area contributed by atoms with E-state index in [2.05, 4.69) is 19.2 Å². The van der Waals surface area contributed by atoms with Crippen molar-refractivity contribution in [2.75, 3.05) is 19.7 Å². The van der Waals surface area contributed by atoms with Gasteiger partial charge in [-0.2, -0.15) is 0 Å². The average Bonchev–Trinajstić information content (AvgIpc) is 2.52. The van der Waals surface area contributed by atoms with Crippen molar-refractivity contribution in [2.45, 2.75) is 20.8 Å². The summed E-state index contributed by atoms with van der Waals surface area (Å²) in [6, 6.07) is 0. The van der Waals surface area contributed by atoms with Crippen molar-refractivity contribution < 1.29 is 9.53 Å². The van der Waals surface area contributed by atoms with Crippen LogP contribution in [-0.2, 0) is 9.53 Å². The van der Waals surface area contributed by atoms with E-state index >= 15 is 0 Å². The zero-order valence-corrected chi connectivity index (χ0v) is 8.67. The van der Waals surface area contributed by atoms with Crippen LogP contribution in [0, 0.1) is 17.8 Å². The van der Waals surface area contributed by atoms with Crippen molar-refractivity contribution in [3.8, 4) is 0 Å². The van der Waals surface area contributed by atoms with E-state index in [1.807, 2.05) is 6.92 Å². The Labute approximate surface area is 79.8 Å². The van der Waals surface area contributed by atoms with Crippen LogP contribution in [-0.4, -0.2) is 25.7 Å². The zero-order chi connectivity index (χ0) is 9.84. The van der Waals surface area contributed by atoms with Gasteiger partial charge in [0.1, 0.15) is 0 Å². The summed E-state index contributed by atoms with van der Waals surface area (Å²) in [4.78, 5) is 11.5. The maximum Gasteiger partial charge on any atom is 0.310 e. The molecule has 2 unspecified atom stereocenters. The predicted molar refractivity (Wildman–Crippen MR) is 51.3 cm³/mol. The molecule has 1 aliphatic rings. The fraction of sp³-hybridized carbons (Fsp3) is 0.900. The molecule has 0 amide bonds. The van der Waals surface area contributed by atoms with Crippen molar-refractivity contribution in [2.24, 2.45) is 17.8 Å². The van der Waals surface area contributed by atoms with Crippen molar-refractivity contribution >= 4 is 5.97 Å². The Hall–Kier alpha value is -0.570. The van der Waals surface area contributed by atoms with E-state index in [-0.39, 0.29) is 11.9 Å². The highest BCUT2D eigenvalue weighted by Gasteiger charge is 2.35. The van der Waals surface area contributed by atoms with E-state index in [1.54, 1.807) is 0 Å². The largest absolute Gasteiger partial charge is 0.466 e. The Kier molecular flexibility index (Phi) is 3.72. The van der Waals surface area contributed by atoms with Crippen LogP contribution in [0.15, 0.2) is 0 Å². The molecule has 2 atom stereocenters. The first-order valence-corrected chi connectivity index (χ1v) is 5.04. The van der Waals surface area contributed by atoms with Gasteiger partial charge in [0.25, 0.3) is 0 Å². The van der Waals surface area contributed by atoms with Crippen LogP contribution >= 0.6 is 0 Å². The quantitative estimate of drug-likeness (QED) is 0.668. The summed E-state index contributed by atoms with van der Waals surface area (Å²) in [5.41, 5.74) is 0. The van der Waals surface area contributed by atoms with Crippen molar-refractivity contribution in [1.82, 2.24) is 5.32 Å². The predicted octanol–water partition coefficient (Wildman–Crippen LogP) is 1.04. The first kappa shape index (κ1) is 10.5. The molecule has 1 rings (SSSR count). The number of carbonyl (C=O) groups is 1. The fourth-order valence-electron chi connectivity index (χ4n) is 1.91. The van der Waals surface area contributed by atoms with Gasteiger partial charge in [0.05, 0.1) is 12.5 Å². The van der Waals surface area contributed by atoms with Crippen LogP contribution in [0.5, 0.6) is 0 Å². The fourth-order valence-corrected chi connectivity index (χ4v) is 1.91. The Morgan fingerprint density at radius 1 is 1.54 bits per heavy atom. The number of nitrogens with one attached hydrogen (secondary N) is 1. The lowest BCUT2D eigenvalue weighted by molar-refractivity contribution is -0.149. The summed E-state index contributed by atoms with van der Waals surface area (Å²) in [5.74, 6) is 1.02. The lowest BCUT2D eigenvalue weighted by atomic mass is 9.86. The van der Waals surface area contributed by atoms with Gasteiger partial charge in [0, 0.05) is 6.54 Å². The molecule has 76 valence electrons. The molecule has 0 aromatic rings. The van der Waals surface area contributed by atoms with E-state index in [0.717, 1.165) is 13.1 Å². The van der Waals surface area contributed by atoms with Crippen LogP contribution in [0.4, 0.5) is 0 Å². The van der Waals surface area contributed by atoms with Gasteiger partial charge in [-0.15, -0.1) is 0 Å². The molecular formula is C10H19NO2. The number of hydrogen-bond acceptors (Lipinski definition) is 3. The number of carbonyl (C=O) groups excluding carboxylic acids is 1. The van der Waals surface area contributed by atoms with Gasteiger partial charge in [0.2, 0.25) is 0 Å². The molecule has 1 aliphatic heterocycles. The molecule has 0 aliphatic carbocycles. The van der Waals surface area contributed by atoms with E-state index in [1.165, 1.54) is 0 Å². The van der Waals surface area contributed by atoms with Crippen LogP contribution < -0.4 is 5.32 Å². The van der Waals surface area contributed by atoms with Gasteiger partial charge < -0.3 is 10.1 Å². The standard InChI is InChI=1S/C10H19NO2/c1-4-13-10(12)9-6-11-5-8(9)7(2)3/h7-9,11H,4-6H2,1-3H3. The van der Waals surface area contributed by atoms with Gasteiger partial charge in [0.15, 0.2) is 0 Å². The molecule has 13 heavy (non-hydrogen) atoms. The van der Waals surface area contributed by atoms with Crippen LogP contribution in [0.2, 0.25) is 0 Å². The lowest BCUT2D eigenvalue weighted by Crippen LogP contribution is -2.27. The Morgan fingerprint density at radius 2 is 2.23 bits per heavy atom. The summed E-state index contributed by atoms with van der Waals surface area (Å²) >= 11 is 0. The third-order valence-corrected chi connectivity index (χ3v) is 2.71. The van der Waals surface area contributed by atoms with E-state index in [9.17, 15) is 4.79 Å². The molecule has 1 heterocycles. The topological polar surface area (TPSA) is 38.3 Å². The minimum Gasteiger partial charge on any atom is -0.466 e. The summed E-state index contributed by atoms with van der Waals surface area (Å²) in [6.07, 6.45) is 0. The maximum atomic E-state index is 11.5. The normalized spacial score (nSPS) is 28.0. The molecule has 0 spiro atoms. The Balaban J connectivity index is 2.52. The van der Waals surface area contributed by atoms with Crippen molar-refractivity contribution in [1.29, 1.82) is 0 Å². The number of ether oxygens (including phenoxy) is 1. The Morgan fingerprint density at radius 3 is 2.77 bits per heavy atom. The molecule has 0 bridgehead atoms. The molecule has 1 fully saturated rings. The van der Waals surface area contributed by atoms with Gasteiger partial charge in [-0.05, 0) is 25.3 Å². The van der Waals surface area contributed by atoms with Gasteiger partial charge in [-0.25, -0.2) is 0 Å². The molecule has 0 radical (unpaired) electrons. The third-order valence-electron chi connectivity index (χ3n) is 2.71. The van der Waals surface area contributed by atoms with Gasteiger partial charge >= 0.3 is 5.97 Å². The van der Waals surface area contributed by atoms with Crippen LogP contribution in [0.1, 0.15) is 20.8 Å². The smallest absolute Gasteiger partial charge is 0.310 e. The van der Waals surface area contributed by atoms with E-state index in [4.69, 9.17) is 4.74 Å². The number of rotatable bonds is 3. The molecule has 0 aromatic carbocycles. The summed E-state index contributed by atoms with van der Waals surface area (Å²) in [7, 11) is 0. The SMILES string of the molecule is CCOC(=O)C1CNCC1C(C)C. The zero-order valence-electron chi connectivity index (χ0n) is 8.67. The molecular weight excluding hydrogens is 166 g/mol. The van der Waals surface area contributed by atoms with Crippen LogP contribution in [0.25, 0.3) is 0 Å². The first-order chi connectivity index (χ1) is 6.16. The number of esters is 1. The first-order valence-electron chi connectivity index (χ1n) is 5.04. The van der Waals surface area contributed by atoms with Crippen molar-refractivity contribution in [3.05, 3.63) is 0 Å². The minimum absolute atomic E-state index is 0.0359. The van der Waals surface area contributed by atoms with Gasteiger partial charge in [-0.1, -0.05) is 13.8 Å². The molecule has 1 N–H and O–H groups in total. The van der Waals surface area contributed by atoms with Gasteiger partial charge in [-0.3, -0.25) is 4.79 Å². The third kappa shape index (κ3) is 2.44. The second-order valence-electron chi connectivity index (χ2n) is 3.92. The summed E-state index contributed by atoms with van der Waals surface area (Å²) in [5, 5.41) is 3.24. The highest BCUT2D eigenvalue weighted by Crippen LogP contribution is 2.25. The molecule has 0 saturated carbocycles. The molecule has 0 aromatic heterocycles. The average molecular weight is 185 g/mol. The summed E-state index contributed by atoms with van der Waals surface area (Å²) in [6.45, 7) is 8.38. The maximum absolute atomic E-state index is 11.5. The Bertz CT molecular complexity index is 180.